The fourth-order valence-electron chi connectivity index (χ4n) is 2.43. The molecule has 0 saturated heterocycles. The van der Waals surface area contributed by atoms with E-state index in [2.05, 4.69) is 13.8 Å². The Balaban J connectivity index is 2.37. The van der Waals surface area contributed by atoms with Crippen LogP contribution in [0, 0.1) is 11.8 Å². The van der Waals surface area contributed by atoms with Gasteiger partial charge in [-0.3, -0.25) is 4.79 Å². The molecule has 1 aromatic rings. The van der Waals surface area contributed by atoms with Gasteiger partial charge in [-0.05, 0) is 48.9 Å². The van der Waals surface area contributed by atoms with Gasteiger partial charge < -0.3 is 10.5 Å². The zero-order valence-electron chi connectivity index (χ0n) is 12.9. The number of carbonyl (C=O) groups excluding carboxylic acids is 1. The van der Waals surface area contributed by atoms with Crippen molar-refractivity contribution in [1.82, 2.24) is 0 Å². The summed E-state index contributed by atoms with van der Waals surface area (Å²) in [6.07, 6.45) is 3.04. The lowest BCUT2D eigenvalue weighted by atomic mass is 9.91. The molecule has 3 nitrogen and oxygen atoms in total. The van der Waals surface area contributed by atoms with E-state index in [4.69, 9.17) is 10.5 Å². The zero-order valence-corrected chi connectivity index (χ0v) is 12.9. The van der Waals surface area contributed by atoms with Crippen LogP contribution in [-0.4, -0.2) is 19.4 Å². The second-order valence-electron chi connectivity index (χ2n) is 5.82. The van der Waals surface area contributed by atoms with Gasteiger partial charge in [0.25, 0.3) is 0 Å². The highest BCUT2D eigenvalue weighted by molar-refractivity contribution is 5.78. The van der Waals surface area contributed by atoms with Crippen LogP contribution in [0.3, 0.4) is 0 Å². The van der Waals surface area contributed by atoms with Gasteiger partial charge in [-0.2, -0.15) is 0 Å². The third-order valence-corrected chi connectivity index (χ3v) is 3.51. The Kier molecular flexibility index (Phi) is 7.31. The van der Waals surface area contributed by atoms with E-state index in [-0.39, 0.29) is 0 Å². The second-order valence-corrected chi connectivity index (χ2v) is 5.82. The summed E-state index contributed by atoms with van der Waals surface area (Å²) in [4.78, 5) is 12.0. The van der Waals surface area contributed by atoms with E-state index in [1.165, 1.54) is 5.56 Å². The summed E-state index contributed by atoms with van der Waals surface area (Å²) in [5.41, 5.74) is 6.92. The van der Waals surface area contributed by atoms with Crippen molar-refractivity contribution in [2.45, 2.75) is 39.5 Å². The molecule has 1 atom stereocenters. The number of nitrogens with two attached hydrogens (primary N) is 1. The number of methoxy groups -OCH3 is 1. The molecule has 0 spiro atoms. The standard InChI is InChI=1S/C17H27NO2/c1-13(2)10-15(12-18)11-16(19)7-4-14-5-8-17(20-3)9-6-14/h5-6,8-9,13,15H,4,7,10-12,18H2,1-3H3. The van der Waals surface area contributed by atoms with Crippen molar-refractivity contribution in [2.75, 3.05) is 13.7 Å². The molecule has 0 fully saturated rings. The minimum atomic E-state index is 0.317. The molecular formula is C17H27NO2. The Hall–Kier alpha value is -1.35. The van der Waals surface area contributed by atoms with E-state index in [9.17, 15) is 4.79 Å². The Morgan fingerprint density at radius 1 is 1.25 bits per heavy atom. The molecule has 112 valence electrons. The van der Waals surface area contributed by atoms with Gasteiger partial charge in [0, 0.05) is 12.8 Å². The fourth-order valence-corrected chi connectivity index (χ4v) is 2.43. The van der Waals surface area contributed by atoms with Crippen molar-refractivity contribution in [2.24, 2.45) is 17.6 Å². The van der Waals surface area contributed by atoms with Crippen molar-refractivity contribution in [3.8, 4) is 5.75 Å². The van der Waals surface area contributed by atoms with Crippen LogP contribution >= 0.6 is 0 Å². The van der Waals surface area contributed by atoms with Crippen LogP contribution in [0.4, 0.5) is 0 Å². The lowest BCUT2D eigenvalue weighted by molar-refractivity contribution is -0.120. The molecule has 1 rings (SSSR count). The highest BCUT2D eigenvalue weighted by Gasteiger charge is 2.14. The third kappa shape index (κ3) is 6.20. The molecule has 0 aliphatic carbocycles. The quantitative estimate of drug-likeness (QED) is 0.754. The van der Waals surface area contributed by atoms with Gasteiger partial charge in [0.05, 0.1) is 7.11 Å². The molecule has 0 aromatic heterocycles. The van der Waals surface area contributed by atoms with Crippen molar-refractivity contribution in [3.63, 3.8) is 0 Å². The van der Waals surface area contributed by atoms with Crippen LogP contribution in [-0.2, 0) is 11.2 Å². The molecule has 0 bridgehead atoms. The number of benzene rings is 1. The maximum absolute atomic E-state index is 12.0. The van der Waals surface area contributed by atoms with Crippen molar-refractivity contribution >= 4 is 5.78 Å². The Morgan fingerprint density at radius 3 is 2.40 bits per heavy atom. The first-order valence-electron chi connectivity index (χ1n) is 7.39. The van der Waals surface area contributed by atoms with Gasteiger partial charge in [0.15, 0.2) is 0 Å². The minimum Gasteiger partial charge on any atom is -0.497 e. The highest BCUT2D eigenvalue weighted by atomic mass is 16.5. The maximum atomic E-state index is 12.0. The van der Waals surface area contributed by atoms with Gasteiger partial charge >= 0.3 is 0 Å². The first-order chi connectivity index (χ1) is 9.55. The van der Waals surface area contributed by atoms with Crippen LogP contribution < -0.4 is 10.5 Å². The van der Waals surface area contributed by atoms with Crippen LogP contribution in [0.25, 0.3) is 0 Å². The SMILES string of the molecule is COc1ccc(CCC(=O)CC(CN)CC(C)C)cc1. The van der Waals surface area contributed by atoms with Gasteiger partial charge in [0.1, 0.15) is 11.5 Å². The van der Waals surface area contributed by atoms with Crippen LogP contribution in [0.5, 0.6) is 5.75 Å². The normalized spacial score (nSPS) is 12.4. The lowest BCUT2D eigenvalue weighted by Gasteiger charge is -2.16. The number of carbonyl (C=O) groups is 1. The summed E-state index contributed by atoms with van der Waals surface area (Å²) in [7, 11) is 1.65. The van der Waals surface area contributed by atoms with Gasteiger partial charge in [-0.15, -0.1) is 0 Å². The number of ketones is 1. The van der Waals surface area contributed by atoms with Crippen LogP contribution in [0.1, 0.15) is 38.7 Å². The minimum absolute atomic E-state index is 0.317. The Labute approximate surface area is 122 Å². The lowest BCUT2D eigenvalue weighted by Crippen LogP contribution is -2.20. The smallest absolute Gasteiger partial charge is 0.133 e. The number of hydrogen-bond acceptors (Lipinski definition) is 3. The molecule has 3 heteroatoms. The first kappa shape index (κ1) is 16.7. The van der Waals surface area contributed by atoms with Gasteiger partial charge in [-0.25, -0.2) is 0 Å². The number of ether oxygens (including phenoxy) is 1. The average Bonchev–Trinajstić information content (AvgIpc) is 2.44. The molecule has 0 radical (unpaired) electrons. The maximum Gasteiger partial charge on any atom is 0.133 e. The predicted molar refractivity (Wildman–Crippen MR) is 82.9 cm³/mol. The van der Waals surface area contributed by atoms with Gasteiger partial charge in [0.2, 0.25) is 0 Å². The molecule has 0 amide bonds. The van der Waals surface area contributed by atoms with Crippen molar-refractivity contribution in [1.29, 1.82) is 0 Å². The van der Waals surface area contributed by atoms with Gasteiger partial charge in [-0.1, -0.05) is 26.0 Å². The number of aryl methyl sites for hydroxylation is 1. The Bertz CT molecular complexity index is 398. The first-order valence-corrected chi connectivity index (χ1v) is 7.39. The molecule has 2 N–H and O–H groups in total. The summed E-state index contributed by atoms with van der Waals surface area (Å²) in [5, 5.41) is 0. The number of hydrogen-bond donors (Lipinski definition) is 1. The van der Waals surface area contributed by atoms with Crippen molar-refractivity contribution < 1.29 is 9.53 Å². The molecular weight excluding hydrogens is 250 g/mol. The van der Waals surface area contributed by atoms with Crippen LogP contribution in [0.15, 0.2) is 24.3 Å². The number of rotatable bonds is 9. The van der Waals surface area contributed by atoms with Crippen molar-refractivity contribution in [3.05, 3.63) is 29.8 Å². The van der Waals surface area contributed by atoms with E-state index >= 15 is 0 Å². The summed E-state index contributed by atoms with van der Waals surface area (Å²) in [6, 6.07) is 7.89. The summed E-state index contributed by atoms with van der Waals surface area (Å²) in [6.45, 7) is 4.95. The Morgan fingerprint density at radius 2 is 1.90 bits per heavy atom. The molecule has 0 aliphatic heterocycles. The predicted octanol–water partition coefficient (Wildman–Crippen LogP) is 3.21. The summed E-state index contributed by atoms with van der Waals surface area (Å²) in [5.74, 6) is 2.09. The molecule has 1 unspecified atom stereocenters. The molecule has 1 aromatic carbocycles. The second kappa shape index (κ2) is 8.75. The number of Topliss-reactive ketones (excluding diaryl/α,β-unsaturated/α-hetero) is 1. The largest absolute Gasteiger partial charge is 0.497 e. The molecule has 20 heavy (non-hydrogen) atoms. The highest BCUT2D eigenvalue weighted by Crippen LogP contribution is 2.17. The van der Waals surface area contributed by atoms with E-state index in [1.54, 1.807) is 7.11 Å². The van der Waals surface area contributed by atoms with E-state index < -0.39 is 0 Å². The van der Waals surface area contributed by atoms with E-state index in [0.29, 0.717) is 37.0 Å². The topological polar surface area (TPSA) is 52.3 Å². The van der Waals surface area contributed by atoms with E-state index in [0.717, 1.165) is 18.6 Å². The molecule has 0 heterocycles. The fraction of sp³-hybridized carbons (Fsp3) is 0.588. The summed E-state index contributed by atoms with van der Waals surface area (Å²) >= 11 is 0. The average molecular weight is 277 g/mol. The molecule has 0 aliphatic rings. The summed E-state index contributed by atoms with van der Waals surface area (Å²) < 4.78 is 5.12. The monoisotopic (exact) mass is 277 g/mol. The van der Waals surface area contributed by atoms with Crippen LogP contribution in [0.2, 0.25) is 0 Å². The van der Waals surface area contributed by atoms with E-state index in [1.807, 2.05) is 24.3 Å². The molecule has 0 saturated carbocycles. The third-order valence-electron chi connectivity index (χ3n) is 3.51. The zero-order chi connectivity index (χ0) is 15.0.